The van der Waals surface area contributed by atoms with Gasteiger partial charge in [0.15, 0.2) is 0 Å². The first-order chi connectivity index (χ1) is 9.41. The first-order valence-corrected chi connectivity index (χ1v) is 7.36. The molecule has 3 rings (SSSR count). The minimum atomic E-state index is -2.58. The fourth-order valence-corrected chi connectivity index (χ4v) is 3.55. The van der Waals surface area contributed by atoms with Gasteiger partial charge in [-0.15, -0.1) is 0 Å². The van der Waals surface area contributed by atoms with E-state index in [2.05, 4.69) is 9.97 Å². The van der Waals surface area contributed by atoms with E-state index in [4.69, 9.17) is 5.73 Å². The van der Waals surface area contributed by atoms with Crippen molar-refractivity contribution in [2.24, 2.45) is 0 Å². The largest absolute Gasteiger partial charge is 0.397 e. The van der Waals surface area contributed by atoms with Gasteiger partial charge in [-0.1, -0.05) is 18.3 Å². The van der Waals surface area contributed by atoms with Crippen LogP contribution in [0.25, 0.3) is 10.3 Å². The molecular formula is C13H16F2N4S. The van der Waals surface area contributed by atoms with E-state index in [1.54, 1.807) is 11.1 Å². The summed E-state index contributed by atoms with van der Waals surface area (Å²) in [6.45, 7) is 3.47. The highest BCUT2D eigenvalue weighted by Gasteiger charge is 2.47. The molecule has 20 heavy (non-hydrogen) atoms. The number of aryl methyl sites for hydroxylation is 1. The molecule has 1 aliphatic heterocycles. The van der Waals surface area contributed by atoms with Crippen molar-refractivity contribution < 1.29 is 8.78 Å². The zero-order chi connectivity index (χ0) is 14.5. The van der Waals surface area contributed by atoms with Gasteiger partial charge in [-0.2, -0.15) is 0 Å². The van der Waals surface area contributed by atoms with Crippen molar-refractivity contribution in [3.63, 3.8) is 0 Å². The van der Waals surface area contributed by atoms with Crippen molar-refractivity contribution in [3.8, 4) is 0 Å². The first-order valence-electron chi connectivity index (χ1n) is 6.54. The predicted molar refractivity (Wildman–Crippen MR) is 76.1 cm³/mol. The number of anilines is 1. The summed E-state index contributed by atoms with van der Waals surface area (Å²) in [4.78, 5) is 11.3. The van der Waals surface area contributed by atoms with Crippen LogP contribution in [0.4, 0.5) is 14.5 Å². The molecule has 0 radical (unpaired) electrons. The lowest BCUT2D eigenvalue weighted by Crippen LogP contribution is -2.57. The highest BCUT2D eigenvalue weighted by molar-refractivity contribution is 7.18. The second-order valence-corrected chi connectivity index (χ2v) is 6.38. The van der Waals surface area contributed by atoms with Gasteiger partial charge in [-0.3, -0.25) is 4.90 Å². The number of thiazole rings is 1. The highest BCUT2D eigenvalue weighted by atomic mass is 32.1. The van der Waals surface area contributed by atoms with Gasteiger partial charge in [0, 0.05) is 11.6 Å². The maximum Gasteiger partial charge on any atom is 0.272 e. The first kappa shape index (κ1) is 13.6. The summed E-state index contributed by atoms with van der Waals surface area (Å²) in [5, 5.41) is 0.906. The molecule has 2 N–H and O–H groups in total. The van der Waals surface area contributed by atoms with Gasteiger partial charge < -0.3 is 5.73 Å². The number of aromatic nitrogens is 2. The van der Waals surface area contributed by atoms with Crippen LogP contribution < -0.4 is 5.73 Å². The number of hydrogen-bond acceptors (Lipinski definition) is 5. The van der Waals surface area contributed by atoms with Crippen molar-refractivity contribution >= 4 is 27.4 Å². The normalized spacial score (nSPS) is 20.0. The van der Waals surface area contributed by atoms with E-state index >= 15 is 0 Å². The summed E-state index contributed by atoms with van der Waals surface area (Å²) in [6, 6.07) is -0.123. The Morgan fingerprint density at radius 3 is 2.80 bits per heavy atom. The van der Waals surface area contributed by atoms with E-state index in [9.17, 15) is 8.78 Å². The summed E-state index contributed by atoms with van der Waals surface area (Å²) in [6.07, 6.45) is 2.33. The van der Waals surface area contributed by atoms with E-state index in [-0.39, 0.29) is 19.1 Å². The summed E-state index contributed by atoms with van der Waals surface area (Å²) >= 11 is 1.50. The van der Waals surface area contributed by atoms with Gasteiger partial charge in [-0.25, -0.2) is 18.7 Å². The lowest BCUT2D eigenvalue weighted by Gasteiger charge is -2.44. The minimum absolute atomic E-state index is 0.123. The summed E-state index contributed by atoms with van der Waals surface area (Å²) < 4.78 is 26.2. The number of pyridine rings is 1. The van der Waals surface area contributed by atoms with Gasteiger partial charge in [0.05, 0.1) is 30.0 Å². The smallest absolute Gasteiger partial charge is 0.272 e. The quantitative estimate of drug-likeness (QED) is 0.946. The van der Waals surface area contributed by atoms with Crippen LogP contribution in [0.5, 0.6) is 0 Å². The Morgan fingerprint density at radius 2 is 2.20 bits per heavy atom. The zero-order valence-electron chi connectivity index (χ0n) is 11.4. The van der Waals surface area contributed by atoms with Crippen LogP contribution in [0.1, 0.15) is 30.0 Å². The Kier molecular flexibility index (Phi) is 3.13. The van der Waals surface area contributed by atoms with E-state index in [0.717, 1.165) is 27.3 Å². The van der Waals surface area contributed by atoms with Gasteiger partial charge in [0.2, 0.25) is 0 Å². The molecule has 0 aliphatic carbocycles. The molecule has 1 aliphatic rings. The maximum atomic E-state index is 13.1. The van der Waals surface area contributed by atoms with Gasteiger partial charge in [0.25, 0.3) is 5.92 Å². The molecule has 0 saturated carbocycles. The van der Waals surface area contributed by atoms with Gasteiger partial charge >= 0.3 is 0 Å². The highest BCUT2D eigenvalue weighted by Crippen LogP contribution is 2.40. The molecule has 2 aromatic heterocycles. The van der Waals surface area contributed by atoms with E-state index in [1.807, 2.05) is 13.8 Å². The number of nitrogen functional groups attached to an aromatic ring is 1. The molecule has 0 bridgehead atoms. The second-order valence-electron chi connectivity index (χ2n) is 5.20. The Hall–Kier alpha value is -1.34. The second kappa shape index (κ2) is 4.60. The summed E-state index contributed by atoms with van der Waals surface area (Å²) in [5.74, 6) is -2.58. The Labute approximate surface area is 119 Å². The molecule has 0 amide bonds. The Bertz CT molecular complexity index is 647. The van der Waals surface area contributed by atoms with Crippen LogP contribution in [0.2, 0.25) is 0 Å². The average Bonchev–Trinajstić information content (AvgIpc) is 2.71. The molecular weight excluding hydrogens is 282 g/mol. The molecule has 1 fully saturated rings. The van der Waals surface area contributed by atoms with Crippen LogP contribution in [0.3, 0.4) is 0 Å². The number of halogens is 2. The molecule has 1 atom stereocenters. The number of likely N-dealkylation sites (tertiary alicyclic amines) is 1. The van der Waals surface area contributed by atoms with Gasteiger partial charge in [-0.05, 0) is 13.3 Å². The molecule has 108 valence electrons. The molecule has 0 spiro atoms. The zero-order valence-corrected chi connectivity index (χ0v) is 12.2. The van der Waals surface area contributed by atoms with Crippen molar-refractivity contribution in [1.29, 1.82) is 0 Å². The topological polar surface area (TPSA) is 55.0 Å². The summed E-state index contributed by atoms with van der Waals surface area (Å²) in [5.41, 5.74) is 8.18. The van der Waals surface area contributed by atoms with Crippen LogP contribution in [-0.2, 0) is 0 Å². The van der Waals surface area contributed by atoms with Gasteiger partial charge in [0.1, 0.15) is 10.3 Å². The SMILES string of the molecule is CCC(c1c(N)cnc2sc(C)nc12)N1CC(F)(F)C1. The van der Waals surface area contributed by atoms with E-state index in [0.29, 0.717) is 5.69 Å². The number of rotatable bonds is 3. The standard InChI is InChI=1S/C13H16F2N4S/c1-3-9(19-5-13(14,15)6-19)10-8(16)4-17-12-11(10)18-7(2)20-12/h4,9H,3,5-6,16H2,1-2H3. The number of nitrogens with two attached hydrogens (primary N) is 1. The molecule has 2 aromatic rings. The van der Waals surface area contributed by atoms with Crippen LogP contribution in [0.15, 0.2) is 6.20 Å². The molecule has 1 saturated heterocycles. The minimum Gasteiger partial charge on any atom is -0.397 e. The van der Waals surface area contributed by atoms with E-state index in [1.165, 1.54) is 11.3 Å². The van der Waals surface area contributed by atoms with Crippen molar-refractivity contribution in [3.05, 3.63) is 16.8 Å². The lowest BCUT2D eigenvalue weighted by molar-refractivity contribution is -0.147. The third-order valence-corrected chi connectivity index (χ3v) is 4.51. The maximum absolute atomic E-state index is 13.1. The number of alkyl halides is 2. The summed E-state index contributed by atoms with van der Waals surface area (Å²) in [7, 11) is 0. The monoisotopic (exact) mass is 298 g/mol. The van der Waals surface area contributed by atoms with Crippen molar-refractivity contribution in [2.75, 3.05) is 18.8 Å². The number of nitrogens with zero attached hydrogens (tertiary/aromatic N) is 3. The third-order valence-electron chi connectivity index (χ3n) is 3.63. The fourth-order valence-electron chi connectivity index (χ4n) is 2.78. The Morgan fingerprint density at radius 1 is 1.50 bits per heavy atom. The van der Waals surface area contributed by atoms with Crippen LogP contribution in [0, 0.1) is 6.92 Å². The Balaban J connectivity index is 2.05. The van der Waals surface area contributed by atoms with Crippen LogP contribution in [-0.4, -0.2) is 33.9 Å². The molecule has 4 nitrogen and oxygen atoms in total. The van der Waals surface area contributed by atoms with Crippen molar-refractivity contribution in [1.82, 2.24) is 14.9 Å². The third kappa shape index (κ3) is 2.14. The molecule has 1 unspecified atom stereocenters. The molecule has 7 heteroatoms. The van der Waals surface area contributed by atoms with E-state index < -0.39 is 5.92 Å². The number of fused-ring (bicyclic) bond motifs is 1. The molecule has 0 aromatic carbocycles. The molecule has 3 heterocycles. The predicted octanol–water partition coefficient (Wildman–Crippen LogP) is 2.98. The fraction of sp³-hybridized carbons (Fsp3) is 0.538. The average molecular weight is 298 g/mol. The lowest BCUT2D eigenvalue weighted by atomic mass is 9.96. The van der Waals surface area contributed by atoms with Crippen molar-refractivity contribution in [2.45, 2.75) is 32.2 Å². The van der Waals surface area contributed by atoms with Crippen LogP contribution >= 0.6 is 11.3 Å². The number of hydrogen-bond donors (Lipinski definition) is 1.